The fourth-order valence-electron chi connectivity index (χ4n) is 2.32. The predicted molar refractivity (Wildman–Crippen MR) is 81.2 cm³/mol. The average molecular weight is 271 g/mol. The van der Waals surface area contributed by atoms with Crippen LogP contribution in [0.2, 0.25) is 0 Å². The first kappa shape index (κ1) is 18.4. The van der Waals surface area contributed by atoms with Gasteiger partial charge in [0.1, 0.15) is 5.60 Å². The smallest absolute Gasteiger partial charge is 0.307 e. The molecular formula is C16H33NO2. The van der Waals surface area contributed by atoms with Gasteiger partial charge in [0, 0.05) is 19.1 Å². The van der Waals surface area contributed by atoms with E-state index in [2.05, 4.69) is 32.6 Å². The van der Waals surface area contributed by atoms with Crippen LogP contribution in [0.15, 0.2) is 0 Å². The third-order valence-corrected chi connectivity index (χ3v) is 3.08. The van der Waals surface area contributed by atoms with Crippen molar-refractivity contribution in [3.63, 3.8) is 0 Å². The molecule has 3 heteroatoms. The van der Waals surface area contributed by atoms with Crippen molar-refractivity contribution in [3.05, 3.63) is 0 Å². The Labute approximate surface area is 119 Å². The minimum absolute atomic E-state index is 0.0905. The first-order valence-corrected chi connectivity index (χ1v) is 7.65. The highest BCUT2D eigenvalue weighted by molar-refractivity contribution is 5.70. The van der Waals surface area contributed by atoms with E-state index in [-0.39, 0.29) is 11.6 Å². The summed E-state index contributed by atoms with van der Waals surface area (Å²) in [7, 11) is 0. The molecule has 0 fully saturated rings. The summed E-state index contributed by atoms with van der Waals surface area (Å²) in [5.74, 6) is 0.534. The van der Waals surface area contributed by atoms with Gasteiger partial charge in [0.25, 0.3) is 0 Å². The van der Waals surface area contributed by atoms with Crippen LogP contribution in [0.1, 0.15) is 67.7 Å². The van der Waals surface area contributed by atoms with Gasteiger partial charge in [0.05, 0.1) is 6.42 Å². The predicted octanol–water partition coefficient (Wildman–Crippen LogP) is 3.86. The van der Waals surface area contributed by atoms with Crippen LogP contribution in [0, 0.1) is 5.92 Å². The van der Waals surface area contributed by atoms with Gasteiger partial charge in [-0.15, -0.1) is 0 Å². The standard InChI is InChI=1S/C16H33NO2/c1-8-14(9-2)17(12-13(3)4)11-10-15(18)19-16(5,6)7/h13-14H,8-12H2,1-7H3. The molecule has 3 nitrogen and oxygen atoms in total. The summed E-state index contributed by atoms with van der Waals surface area (Å²) in [6.45, 7) is 16.5. The van der Waals surface area contributed by atoms with Crippen molar-refractivity contribution >= 4 is 5.97 Å². The second kappa shape index (κ2) is 8.57. The zero-order chi connectivity index (χ0) is 15.1. The zero-order valence-corrected chi connectivity index (χ0v) is 14.0. The van der Waals surface area contributed by atoms with Crippen LogP contribution < -0.4 is 0 Å². The van der Waals surface area contributed by atoms with E-state index < -0.39 is 0 Å². The fourth-order valence-corrected chi connectivity index (χ4v) is 2.32. The summed E-state index contributed by atoms with van der Waals surface area (Å²) in [6.07, 6.45) is 2.76. The van der Waals surface area contributed by atoms with Crippen molar-refractivity contribution in [3.8, 4) is 0 Å². The van der Waals surface area contributed by atoms with Gasteiger partial charge in [0.15, 0.2) is 0 Å². The molecule has 0 spiro atoms. The molecule has 0 aromatic carbocycles. The molecule has 0 unspecified atom stereocenters. The maximum atomic E-state index is 11.8. The molecule has 0 aromatic heterocycles. The van der Waals surface area contributed by atoms with Crippen LogP contribution in [0.3, 0.4) is 0 Å². The van der Waals surface area contributed by atoms with Gasteiger partial charge in [-0.2, -0.15) is 0 Å². The number of carbonyl (C=O) groups is 1. The molecule has 0 amide bonds. The van der Waals surface area contributed by atoms with Crippen LogP contribution in [-0.4, -0.2) is 35.6 Å². The van der Waals surface area contributed by atoms with Crippen LogP contribution in [0.4, 0.5) is 0 Å². The molecule has 0 N–H and O–H groups in total. The SMILES string of the molecule is CCC(CC)N(CCC(=O)OC(C)(C)C)CC(C)C. The normalized spacial score (nSPS) is 12.5. The molecule has 0 saturated heterocycles. The summed E-state index contributed by atoms with van der Waals surface area (Å²) in [4.78, 5) is 14.2. The largest absolute Gasteiger partial charge is 0.460 e. The minimum Gasteiger partial charge on any atom is -0.460 e. The van der Waals surface area contributed by atoms with Crippen molar-refractivity contribution in [1.82, 2.24) is 4.90 Å². The van der Waals surface area contributed by atoms with Crippen molar-refractivity contribution in [2.24, 2.45) is 5.92 Å². The lowest BCUT2D eigenvalue weighted by molar-refractivity contribution is -0.155. The van der Waals surface area contributed by atoms with E-state index in [1.807, 2.05) is 20.8 Å². The summed E-state index contributed by atoms with van der Waals surface area (Å²) < 4.78 is 5.37. The monoisotopic (exact) mass is 271 g/mol. The highest BCUT2D eigenvalue weighted by Crippen LogP contribution is 2.14. The van der Waals surface area contributed by atoms with Gasteiger partial charge in [-0.25, -0.2) is 0 Å². The summed E-state index contributed by atoms with van der Waals surface area (Å²) >= 11 is 0. The summed E-state index contributed by atoms with van der Waals surface area (Å²) in [5.41, 5.74) is -0.380. The van der Waals surface area contributed by atoms with E-state index in [0.29, 0.717) is 18.4 Å². The molecule has 0 rings (SSSR count). The topological polar surface area (TPSA) is 29.5 Å². The number of rotatable bonds is 8. The van der Waals surface area contributed by atoms with Crippen LogP contribution in [-0.2, 0) is 9.53 Å². The fraction of sp³-hybridized carbons (Fsp3) is 0.938. The highest BCUT2D eigenvalue weighted by atomic mass is 16.6. The molecule has 0 aliphatic heterocycles. The van der Waals surface area contributed by atoms with Crippen molar-refractivity contribution in [1.29, 1.82) is 0 Å². The van der Waals surface area contributed by atoms with Gasteiger partial charge in [-0.1, -0.05) is 27.7 Å². The summed E-state index contributed by atoms with van der Waals surface area (Å²) in [5, 5.41) is 0. The Morgan fingerprint density at radius 3 is 2.05 bits per heavy atom. The average Bonchev–Trinajstić information content (AvgIpc) is 2.24. The van der Waals surface area contributed by atoms with Crippen molar-refractivity contribution < 1.29 is 9.53 Å². The first-order valence-electron chi connectivity index (χ1n) is 7.65. The molecule has 114 valence electrons. The lowest BCUT2D eigenvalue weighted by Gasteiger charge is -2.32. The number of hydrogen-bond acceptors (Lipinski definition) is 3. The second-order valence-corrected chi connectivity index (χ2v) is 6.70. The van der Waals surface area contributed by atoms with Gasteiger partial charge < -0.3 is 4.74 Å². The van der Waals surface area contributed by atoms with Crippen molar-refractivity contribution in [2.45, 2.75) is 79.4 Å². The maximum absolute atomic E-state index is 11.8. The maximum Gasteiger partial charge on any atom is 0.307 e. The Hall–Kier alpha value is -0.570. The molecule has 0 aliphatic rings. The quantitative estimate of drug-likeness (QED) is 0.628. The number of carbonyl (C=O) groups excluding carboxylic acids is 1. The lowest BCUT2D eigenvalue weighted by atomic mass is 10.1. The molecule has 19 heavy (non-hydrogen) atoms. The lowest BCUT2D eigenvalue weighted by Crippen LogP contribution is -2.39. The second-order valence-electron chi connectivity index (χ2n) is 6.70. The molecule has 0 atom stereocenters. The Kier molecular flexibility index (Phi) is 8.31. The molecule has 0 radical (unpaired) electrons. The zero-order valence-electron chi connectivity index (χ0n) is 14.0. The van der Waals surface area contributed by atoms with E-state index in [9.17, 15) is 4.79 Å². The third kappa shape index (κ3) is 9.04. The Balaban J connectivity index is 4.37. The molecule has 0 bridgehead atoms. The number of nitrogens with zero attached hydrogens (tertiary/aromatic N) is 1. The highest BCUT2D eigenvalue weighted by Gasteiger charge is 2.20. The van der Waals surface area contributed by atoms with Gasteiger partial charge >= 0.3 is 5.97 Å². The molecule has 0 aromatic rings. The third-order valence-electron chi connectivity index (χ3n) is 3.08. The van der Waals surface area contributed by atoms with E-state index >= 15 is 0 Å². The minimum atomic E-state index is -0.380. The van der Waals surface area contributed by atoms with E-state index in [4.69, 9.17) is 4.74 Å². The van der Waals surface area contributed by atoms with Crippen molar-refractivity contribution in [2.75, 3.05) is 13.1 Å². The Morgan fingerprint density at radius 2 is 1.68 bits per heavy atom. The summed E-state index contributed by atoms with van der Waals surface area (Å²) in [6, 6.07) is 0.574. The van der Waals surface area contributed by atoms with Gasteiger partial charge in [-0.3, -0.25) is 9.69 Å². The van der Waals surface area contributed by atoms with E-state index in [1.54, 1.807) is 0 Å². The number of hydrogen-bond donors (Lipinski definition) is 0. The molecule has 0 heterocycles. The first-order chi connectivity index (χ1) is 8.69. The Bertz CT molecular complexity index is 252. The van der Waals surface area contributed by atoms with Crippen LogP contribution in [0.5, 0.6) is 0 Å². The Morgan fingerprint density at radius 1 is 1.16 bits per heavy atom. The van der Waals surface area contributed by atoms with Gasteiger partial charge in [0.2, 0.25) is 0 Å². The van der Waals surface area contributed by atoms with E-state index in [1.165, 1.54) is 0 Å². The van der Waals surface area contributed by atoms with Crippen LogP contribution in [0.25, 0.3) is 0 Å². The molecule has 0 aliphatic carbocycles. The van der Waals surface area contributed by atoms with Crippen LogP contribution >= 0.6 is 0 Å². The molecular weight excluding hydrogens is 238 g/mol. The number of esters is 1. The van der Waals surface area contributed by atoms with Gasteiger partial charge in [-0.05, 0) is 39.5 Å². The number of ether oxygens (including phenoxy) is 1. The van der Waals surface area contributed by atoms with E-state index in [0.717, 1.165) is 25.9 Å². The molecule has 0 saturated carbocycles.